The van der Waals surface area contributed by atoms with Crippen LogP contribution in [0.4, 0.5) is 5.69 Å². The fourth-order valence-corrected chi connectivity index (χ4v) is 2.44. The van der Waals surface area contributed by atoms with Gasteiger partial charge in [-0.05, 0) is 37.5 Å². The molecule has 1 N–H and O–H groups in total. The van der Waals surface area contributed by atoms with Crippen molar-refractivity contribution in [2.45, 2.75) is 38.6 Å². The van der Waals surface area contributed by atoms with Crippen LogP contribution in [0.5, 0.6) is 0 Å². The Labute approximate surface area is 111 Å². The van der Waals surface area contributed by atoms with Gasteiger partial charge in [-0.2, -0.15) is 5.10 Å². The normalized spacial score (nSPS) is 19.6. The van der Waals surface area contributed by atoms with Gasteiger partial charge in [-0.15, -0.1) is 0 Å². The molecule has 2 fully saturated rings. The van der Waals surface area contributed by atoms with Crippen molar-refractivity contribution < 1.29 is 0 Å². The zero-order valence-corrected chi connectivity index (χ0v) is 11.1. The topological polar surface area (TPSA) is 46.9 Å². The first-order valence-corrected chi connectivity index (χ1v) is 7.11. The van der Waals surface area contributed by atoms with E-state index in [0.29, 0.717) is 22.5 Å². The first-order chi connectivity index (χ1) is 8.74. The molecule has 0 unspecified atom stereocenters. The van der Waals surface area contributed by atoms with Gasteiger partial charge in [-0.1, -0.05) is 18.0 Å². The van der Waals surface area contributed by atoms with Crippen LogP contribution in [0.3, 0.4) is 0 Å². The minimum absolute atomic E-state index is 0.0740. The molecule has 2 saturated carbocycles. The van der Waals surface area contributed by atoms with Crippen molar-refractivity contribution in [3.05, 3.63) is 21.6 Å². The molecular weight excluding hydrogens is 250 g/mol. The number of nitrogens with zero attached hydrogens (tertiary/aromatic N) is 2. The van der Waals surface area contributed by atoms with Gasteiger partial charge in [-0.25, -0.2) is 4.68 Å². The summed E-state index contributed by atoms with van der Waals surface area (Å²) in [5.74, 6) is 1.33. The second-order valence-electron chi connectivity index (χ2n) is 5.48. The van der Waals surface area contributed by atoms with Gasteiger partial charge in [0, 0.05) is 13.1 Å². The number of anilines is 1. The monoisotopic (exact) mass is 267 g/mol. The lowest BCUT2D eigenvalue weighted by Gasteiger charge is -2.25. The van der Waals surface area contributed by atoms with E-state index in [1.54, 1.807) is 10.9 Å². The van der Waals surface area contributed by atoms with Gasteiger partial charge in [0.15, 0.2) is 0 Å². The van der Waals surface area contributed by atoms with E-state index in [1.807, 2.05) is 0 Å². The van der Waals surface area contributed by atoms with E-state index < -0.39 is 0 Å². The van der Waals surface area contributed by atoms with Gasteiger partial charge in [0.05, 0.1) is 11.2 Å². The Morgan fingerprint density at radius 3 is 2.72 bits per heavy atom. The summed E-state index contributed by atoms with van der Waals surface area (Å²) in [4.78, 5) is 12.3. The molecule has 0 amide bonds. The highest BCUT2D eigenvalue weighted by Gasteiger charge is 2.23. The van der Waals surface area contributed by atoms with Crippen molar-refractivity contribution in [2.24, 2.45) is 11.8 Å². The molecule has 0 saturated heterocycles. The van der Waals surface area contributed by atoms with Crippen LogP contribution in [0.1, 0.15) is 32.1 Å². The van der Waals surface area contributed by atoms with Crippen molar-refractivity contribution in [2.75, 3.05) is 11.9 Å². The fraction of sp³-hybridized carbons (Fsp3) is 0.692. The number of hydrogen-bond donors (Lipinski definition) is 1. The lowest BCUT2D eigenvalue weighted by molar-refractivity contribution is 0.262. The number of nitrogens with one attached hydrogen (secondary N) is 1. The summed E-state index contributed by atoms with van der Waals surface area (Å²) in [5.41, 5.74) is 0.452. The highest BCUT2D eigenvalue weighted by Crippen LogP contribution is 2.30. The van der Waals surface area contributed by atoms with E-state index in [-0.39, 0.29) is 5.56 Å². The van der Waals surface area contributed by atoms with E-state index in [1.165, 1.54) is 32.1 Å². The third kappa shape index (κ3) is 2.53. The van der Waals surface area contributed by atoms with Gasteiger partial charge < -0.3 is 5.32 Å². The van der Waals surface area contributed by atoms with Gasteiger partial charge in [0.2, 0.25) is 0 Å². The molecule has 5 heteroatoms. The molecule has 1 heterocycles. The summed E-state index contributed by atoms with van der Waals surface area (Å²) < 4.78 is 1.56. The number of hydrogen-bond acceptors (Lipinski definition) is 3. The zero-order chi connectivity index (χ0) is 12.5. The molecule has 1 aromatic heterocycles. The van der Waals surface area contributed by atoms with Crippen molar-refractivity contribution in [3.63, 3.8) is 0 Å². The highest BCUT2D eigenvalue weighted by molar-refractivity contribution is 6.32. The maximum absolute atomic E-state index is 12.3. The Morgan fingerprint density at radius 2 is 2.11 bits per heavy atom. The van der Waals surface area contributed by atoms with Crippen LogP contribution in [0.25, 0.3) is 0 Å². The Balaban J connectivity index is 1.76. The van der Waals surface area contributed by atoms with E-state index in [2.05, 4.69) is 10.4 Å². The molecule has 0 atom stereocenters. The average Bonchev–Trinajstić information content (AvgIpc) is 3.09. The first-order valence-electron chi connectivity index (χ1n) is 6.73. The maximum Gasteiger partial charge on any atom is 0.291 e. The van der Waals surface area contributed by atoms with E-state index >= 15 is 0 Å². The van der Waals surface area contributed by atoms with Gasteiger partial charge in [0.1, 0.15) is 5.69 Å². The van der Waals surface area contributed by atoms with Gasteiger partial charge in [-0.3, -0.25) is 4.79 Å². The Hall–Kier alpha value is -1.03. The summed E-state index contributed by atoms with van der Waals surface area (Å²) in [6, 6.07) is 0. The molecule has 0 aromatic carbocycles. The third-order valence-electron chi connectivity index (χ3n) is 3.92. The summed E-state index contributed by atoms with van der Waals surface area (Å²) in [5, 5.41) is 7.76. The molecule has 2 aliphatic carbocycles. The van der Waals surface area contributed by atoms with E-state index in [4.69, 9.17) is 11.6 Å². The molecule has 0 spiro atoms. The minimum atomic E-state index is -0.0740. The summed E-state index contributed by atoms with van der Waals surface area (Å²) >= 11 is 6.05. The molecule has 2 aliphatic rings. The molecule has 4 nitrogen and oxygen atoms in total. The highest BCUT2D eigenvalue weighted by atomic mass is 35.5. The smallest absolute Gasteiger partial charge is 0.291 e. The molecule has 98 valence electrons. The van der Waals surface area contributed by atoms with Crippen LogP contribution in [0.2, 0.25) is 5.02 Å². The van der Waals surface area contributed by atoms with Crippen LogP contribution in [-0.4, -0.2) is 16.3 Å². The number of rotatable bonds is 5. The number of aromatic nitrogens is 2. The van der Waals surface area contributed by atoms with Crippen molar-refractivity contribution in [1.82, 2.24) is 9.78 Å². The van der Waals surface area contributed by atoms with E-state index in [9.17, 15) is 4.79 Å². The van der Waals surface area contributed by atoms with Crippen molar-refractivity contribution in [3.8, 4) is 0 Å². The second-order valence-corrected chi connectivity index (χ2v) is 5.88. The third-order valence-corrected chi connectivity index (χ3v) is 4.20. The predicted octanol–water partition coefficient (Wildman–Crippen LogP) is 2.52. The van der Waals surface area contributed by atoms with Crippen molar-refractivity contribution >= 4 is 17.3 Å². The summed E-state index contributed by atoms with van der Waals surface area (Å²) in [7, 11) is 0. The van der Waals surface area contributed by atoms with Crippen LogP contribution in [0, 0.1) is 11.8 Å². The molecule has 0 aliphatic heterocycles. The quantitative estimate of drug-likeness (QED) is 0.892. The van der Waals surface area contributed by atoms with Crippen LogP contribution >= 0.6 is 11.6 Å². The predicted molar refractivity (Wildman–Crippen MR) is 72.1 cm³/mol. The summed E-state index contributed by atoms with van der Waals surface area (Å²) in [6.07, 6.45) is 7.79. The molecule has 1 aromatic rings. The second kappa shape index (κ2) is 4.92. The molecule has 0 bridgehead atoms. The van der Waals surface area contributed by atoms with E-state index in [0.717, 1.165) is 13.1 Å². The Morgan fingerprint density at radius 1 is 1.33 bits per heavy atom. The van der Waals surface area contributed by atoms with Gasteiger partial charge >= 0.3 is 0 Å². The first kappa shape index (κ1) is 12.0. The Bertz CT molecular complexity index is 491. The largest absolute Gasteiger partial charge is 0.379 e. The maximum atomic E-state index is 12.3. The van der Waals surface area contributed by atoms with Crippen LogP contribution < -0.4 is 10.9 Å². The Kier molecular flexibility index (Phi) is 3.29. The molecule has 0 radical (unpaired) electrons. The SMILES string of the molecule is O=c1c(NCC2CC2)c(Cl)cnn1CC1CCC1. The van der Waals surface area contributed by atoms with Gasteiger partial charge in [0.25, 0.3) is 5.56 Å². The minimum Gasteiger partial charge on any atom is -0.379 e. The average molecular weight is 268 g/mol. The standard InChI is InChI=1S/C13H18ClN3O/c14-11-7-16-17(8-10-2-1-3-10)13(18)12(11)15-6-9-4-5-9/h7,9-10,15H,1-6,8H2. The summed E-state index contributed by atoms with van der Waals surface area (Å²) in [6.45, 7) is 1.58. The zero-order valence-electron chi connectivity index (χ0n) is 10.4. The van der Waals surface area contributed by atoms with Crippen molar-refractivity contribution in [1.29, 1.82) is 0 Å². The lowest BCUT2D eigenvalue weighted by atomic mass is 9.85. The molecule has 18 heavy (non-hydrogen) atoms. The number of halogens is 1. The molecular formula is C13H18ClN3O. The fourth-order valence-electron chi connectivity index (χ4n) is 2.25. The lowest BCUT2D eigenvalue weighted by Crippen LogP contribution is -2.31. The molecule has 3 rings (SSSR count). The van der Waals surface area contributed by atoms with Crippen LogP contribution in [0.15, 0.2) is 11.0 Å². The van der Waals surface area contributed by atoms with Crippen LogP contribution in [-0.2, 0) is 6.54 Å².